The lowest BCUT2D eigenvalue weighted by Crippen LogP contribution is -2.30. The SMILES string of the molecule is COc1ccc(CNc2ncnc(NNC(=O)c3cccc4ccccc34)c2[N+](=O)[O-])cc1. The van der Waals surface area contributed by atoms with Gasteiger partial charge in [0.1, 0.15) is 12.1 Å². The van der Waals surface area contributed by atoms with Crippen molar-refractivity contribution in [1.82, 2.24) is 15.4 Å². The number of carbonyl (C=O) groups excluding carboxylic acids is 1. The number of nitrogens with zero attached hydrogens (tertiary/aromatic N) is 3. The maximum absolute atomic E-state index is 12.7. The zero-order valence-electron chi connectivity index (χ0n) is 17.6. The molecule has 0 atom stereocenters. The lowest BCUT2D eigenvalue weighted by atomic mass is 10.0. The summed E-state index contributed by atoms with van der Waals surface area (Å²) in [4.78, 5) is 31.8. The zero-order valence-corrected chi connectivity index (χ0v) is 17.6. The molecule has 0 aliphatic rings. The van der Waals surface area contributed by atoms with E-state index in [1.54, 1.807) is 31.4 Å². The second kappa shape index (κ2) is 9.60. The summed E-state index contributed by atoms with van der Waals surface area (Å²) in [5, 5.41) is 16.4. The van der Waals surface area contributed by atoms with Crippen LogP contribution in [0.5, 0.6) is 5.75 Å². The van der Waals surface area contributed by atoms with Gasteiger partial charge >= 0.3 is 5.69 Å². The Balaban J connectivity index is 1.51. The van der Waals surface area contributed by atoms with Crippen molar-refractivity contribution in [1.29, 1.82) is 0 Å². The predicted molar refractivity (Wildman–Crippen MR) is 124 cm³/mol. The van der Waals surface area contributed by atoms with Crippen LogP contribution in [-0.2, 0) is 6.54 Å². The van der Waals surface area contributed by atoms with Crippen molar-refractivity contribution in [2.24, 2.45) is 0 Å². The minimum absolute atomic E-state index is 0.0210. The molecule has 3 N–H and O–H groups in total. The summed E-state index contributed by atoms with van der Waals surface area (Å²) in [5.74, 6) is 0.140. The van der Waals surface area contributed by atoms with Crippen LogP contribution >= 0.6 is 0 Å². The number of anilines is 2. The fourth-order valence-corrected chi connectivity index (χ4v) is 3.31. The molecule has 4 rings (SSSR count). The lowest BCUT2D eigenvalue weighted by molar-refractivity contribution is -0.383. The molecule has 166 valence electrons. The zero-order chi connectivity index (χ0) is 23.2. The minimum atomic E-state index is -0.608. The van der Waals surface area contributed by atoms with Crippen LogP contribution in [0.4, 0.5) is 17.3 Å². The minimum Gasteiger partial charge on any atom is -0.497 e. The molecular weight excluding hydrogens is 424 g/mol. The van der Waals surface area contributed by atoms with Crippen molar-refractivity contribution in [3.05, 3.63) is 94.3 Å². The third-order valence-electron chi connectivity index (χ3n) is 4.95. The van der Waals surface area contributed by atoms with Crippen molar-refractivity contribution in [3.8, 4) is 5.75 Å². The molecule has 0 aliphatic carbocycles. The molecule has 10 heteroatoms. The normalized spacial score (nSPS) is 10.5. The molecule has 4 aromatic rings. The molecule has 1 amide bonds. The van der Waals surface area contributed by atoms with E-state index in [4.69, 9.17) is 4.74 Å². The number of hydrogen-bond donors (Lipinski definition) is 3. The molecule has 0 saturated heterocycles. The fourth-order valence-electron chi connectivity index (χ4n) is 3.31. The molecule has 0 radical (unpaired) electrons. The molecular formula is C23H20N6O4. The number of benzene rings is 3. The largest absolute Gasteiger partial charge is 0.497 e. The molecule has 0 saturated carbocycles. The maximum Gasteiger partial charge on any atom is 0.354 e. The molecule has 0 aliphatic heterocycles. The van der Waals surface area contributed by atoms with E-state index in [-0.39, 0.29) is 17.3 Å². The first-order chi connectivity index (χ1) is 16.1. The van der Waals surface area contributed by atoms with Gasteiger partial charge in [0.15, 0.2) is 0 Å². The Bertz CT molecular complexity index is 1300. The number of rotatable bonds is 8. The summed E-state index contributed by atoms with van der Waals surface area (Å²) in [7, 11) is 1.57. The quantitative estimate of drug-likeness (QED) is 0.275. The van der Waals surface area contributed by atoms with Crippen LogP contribution < -0.4 is 20.9 Å². The van der Waals surface area contributed by atoms with Crippen molar-refractivity contribution in [2.75, 3.05) is 17.9 Å². The number of methoxy groups -OCH3 is 1. The number of fused-ring (bicyclic) bond motifs is 1. The highest BCUT2D eigenvalue weighted by atomic mass is 16.6. The van der Waals surface area contributed by atoms with E-state index in [0.717, 1.165) is 16.3 Å². The van der Waals surface area contributed by atoms with Crippen LogP contribution in [0.3, 0.4) is 0 Å². The predicted octanol–water partition coefficient (Wildman–Crippen LogP) is 3.92. The second-order valence-corrected chi connectivity index (χ2v) is 6.98. The van der Waals surface area contributed by atoms with Gasteiger partial charge in [0.2, 0.25) is 11.6 Å². The number of amides is 1. The average Bonchev–Trinajstić information content (AvgIpc) is 2.85. The smallest absolute Gasteiger partial charge is 0.354 e. The molecule has 0 bridgehead atoms. The first-order valence-electron chi connectivity index (χ1n) is 9.97. The molecule has 33 heavy (non-hydrogen) atoms. The number of hydrogen-bond acceptors (Lipinski definition) is 8. The number of aromatic nitrogens is 2. The van der Waals surface area contributed by atoms with Crippen LogP contribution in [0, 0.1) is 10.1 Å². The van der Waals surface area contributed by atoms with E-state index in [1.807, 2.05) is 42.5 Å². The van der Waals surface area contributed by atoms with Crippen molar-refractivity contribution < 1.29 is 14.5 Å². The third-order valence-corrected chi connectivity index (χ3v) is 4.95. The monoisotopic (exact) mass is 444 g/mol. The van der Waals surface area contributed by atoms with E-state index >= 15 is 0 Å². The summed E-state index contributed by atoms with van der Waals surface area (Å²) < 4.78 is 5.13. The fraction of sp³-hybridized carbons (Fsp3) is 0.0870. The number of nitro groups is 1. The van der Waals surface area contributed by atoms with Crippen LogP contribution in [0.15, 0.2) is 73.1 Å². The molecule has 0 fully saturated rings. The number of carbonyl (C=O) groups is 1. The van der Waals surface area contributed by atoms with Gasteiger partial charge in [-0.25, -0.2) is 9.97 Å². The third kappa shape index (κ3) is 4.79. The van der Waals surface area contributed by atoms with E-state index < -0.39 is 10.8 Å². The van der Waals surface area contributed by atoms with Crippen molar-refractivity contribution >= 4 is 34.0 Å². The molecule has 0 unspecified atom stereocenters. The van der Waals surface area contributed by atoms with Crippen molar-refractivity contribution in [2.45, 2.75) is 6.54 Å². The highest BCUT2D eigenvalue weighted by Gasteiger charge is 2.23. The van der Waals surface area contributed by atoms with Crippen LogP contribution in [-0.4, -0.2) is 27.9 Å². The summed E-state index contributed by atoms with van der Waals surface area (Å²) in [6.07, 6.45) is 1.18. The molecule has 1 aromatic heterocycles. The van der Waals surface area contributed by atoms with Gasteiger partial charge in [-0.05, 0) is 34.5 Å². The van der Waals surface area contributed by atoms with Gasteiger partial charge in [0.25, 0.3) is 5.91 Å². The highest BCUT2D eigenvalue weighted by molar-refractivity contribution is 6.07. The summed E-state index contributed by atoms with van der Waals surface area (Å²) in [6.45, 7) is 0.295. The molecule has 10 nitrogen and oxygen atoms in total. The number of hydrazine groups is 1. The van der Waals surface area contributed by atoms with E-state index in [9.17, 15) is 14.9 Å². The van der Waals surface area contributed by atoms with Crippen LogP contribution in [0.25, 0.3) is 10.8 Å². The Morgan fingerprint density at radius 1 is 1.00 bits per heavy atom. The van der Waals surface area contributed by atoms with E-state index in [0.29, 0.717) is 17.9 Å². The first-order valence-corrected chi connectivity index (χ1v) is 9.97. The van der Waals surface area contributed by atoms with Gasteiger partial charge in [0.05, 0.1) is 12.0 Å². The second-order valence-electron chi connectivity index (χ2n) is 6.98. The lowest BCUT2D eigenvalue weighted by Gasteiger charge is -2.12. The highest BCUT2D eigenvalue weighted by Crippen LogP contribution is 2.29. The Morgan fingerprint density at radius 2 is 1.73 bits per heavy atom. The molecule has 3 aromatic carbocycles. The number of ether oxygens (including phenoxy) is 1. The van der Waals surface area contributed by atoms with Gasteiger partial charge in [-0.3, -0.25) is 25.8 Å². The van der Waals surface area contributed by atoms with Gasteiger partial charge in [0, 0.05) is 12.1 Å². The first kappa shape index (κ1) is 21.5. The Labute approximate surface area is 188 Å². The Hall–Kier alpha value is -4.73. The summed E-state index contributed by atoms with van der Waals surface area (Å²) >= 11 is 0. The van der Waals surface area contributed by atoms with E-state index in [2.05, 4.69) is 26.1 Å². The van der Waals surface area contributed by atoms with Gasteiger partial charge in [-0.1, -0.05) is 48.5 Å². The maximum atomic E-state index is 12.7. The Morgan fingerprint density at radius 3 is 2.48 bits per heavy atom. The Kier molecular flexibility index (Phi) is 6.26. The van der Waals surface area contributed by atoms with Gasteiger partial charge < -0.3 is 10.1 Å². The molecule has 0 spiro atoms. The van der Waals surface area contributed by atoms with E-state index in [1.165, 1.54) is 6.33 Å². The number of nitrogens with one attached hydrogen (secondary N) is 3. The van der Waals surface area contributed by atoms with Crippen LogP contribution in [0.1, 0.15) is 15.9 Å². The van der Waals surface area contributed by atoms with Gasteiger partial charge in [-0.15, -0.1) is 0 Å². The standard InChI is InChI=1S/C23H20N6O4/c1-33-17-11-9-15(10-12-17)13-24-21-20(29(31)32)22(26-14-25-21)27-28-23(30)19-8-4-6-16-5-2-3-7-18(16)19/h2-12,14H,13H2,1H3,(H,28,30)(H2,24,25,26,27). The van der Waals surface area contributed by atoms with Crippen molar-refractivity contribution in [3.63, 3.8) is 0 Å². The topological polar surface area (TPSA) is 131 Å². The van der Waals surface area contributed by atoms with Crippen LogP contribution in [0.2, 0.25) is 0 Å². The summed E-state index contributed by atoms with van der Waals surface area (Å²) in [5.41, 5.74) is 5.97. The average molecular weight is 444 g/mol. The van der Waals surface area contributed by atoms with Gasteiger partial charge in [-0.2, -0.15) is 0 Å². The summed E-state index contributed by atoms with van der Waals surface area (Å²) in [6, 6.07) is 20.0. The molecule has 1 heterocycles.